The van der Waals surface area contributed by atoms with Crippen molar-refractivity contribution < 1.29 is 45.7 Å². The molecule has 0 radical (unpaired) electrons. The van der Waals surface area contributed by atoms with E-state index in [1.807, 2.05) is 0 Å². The average molecular weight is 177 g/mol. The van der Waals surface area contributed by atoms with Crippen molar-refractivity contribution in [1.29, 1.82) is 0 Å². The van der Waals surface area contributed by atoms with Crippen molar-refractivity contribution in [1.82, 2.24) is 4.90 Å². The van der Waals surface area contributed by atoms with E-state index in [4.69, 9.17) is 5.11 Å². The molecule has 1 N–H and O–H groups in total. The van der Waals surface area contributed by atoms with Crippen LogP contribution in [0.1, 0.15) is 14.3 Å². The molecule has 12 heavy (non-hydrogen) atoms. The van der Waals surface area contributed by atoms with Crippen molar-refractivity contribution in [3.8, 4) is 0 Å². The molecule has 0 aromatic heterocycles. The van der Waals surface area contributed by atoms with Gasteiger partial charge in [0, 0.05) is 12.5 Å². The molecule has 2 rings (SSSR count). The largest absolute Gasteiger partial charge is 1.00 e. The first-order chi connectivity index (χ1) is 5.20. The van der Waals surface area contributed by atoms with Crippen LogP contribution in [0.25, 0.3) is 0 Å². The van der Waals surface area contributed by atoms with Crippen LogP contribution in [0.2, 0.25) is 0 Å². The van der Waals surface area contributed by atoms with Crippen molar-refractivity contribution >= 4 is 11.9 Å². The molecule has 2 aliphatic rings. The van der Waals surface area contributed by atoms with Crippen molar-refractivity contribution in [2.45, 2.75) is 18.9 Å². The summed E-state index contributed by atoms with van der Waals surface area (Å²) < 4.78 is 0. The molecule has 2 heterocycles. The minimum Gasteiger partial charge on any atom is -1.00 e. The van der Waals surface area contributed by atoms with Crippen molar-refractivity contribution in [3.05, 3.63) is 11.8 Å². The number of carboxylic acids is 1. The van der Waals surface area contributed by atoms with Crippen LogP contribution in [-0.4, -0.2) is 27.9 Å². The van der Waals surface area contributed by atoms with Gasteiger partial charge in [-0.15, -0.1) is 0 Å². The number of nitrogens with zero attached hydrogens (tertiary/aromatic N) is 1. The van der Waals surface area contributed by atoms with Gasteiger partial charge in [-0.1, -0.05) is 6.08 Å². The zero-order chi connectivity index (χ0) is 8.01. The number of hydrogen-bond acceptors (Lipinski definition) is 2. The van der Waals surface area contributed by atoms with E-state index in [-0.39, 0.29) is 48.6 Å². The Hall–Kier alpha value is -0.320. The molecule has 0 aromatic carbocycles. The van der Waals surface area contributed by atoms with Gasteiger partial charge in [-0.3, -0.25) is 4.79 Å². The van der Waals surface area contributed by atoms with Crippen LogP contribution in [0.15, 0.2) is 11.8 Å². The molecule has 1 atom stereocenters. The van der Waals surface area contributed by atoms with Gasteiger partial charge < -0.3 is 11.4 Å². The third-order valence-electron chi connectivity index (χ3n) is 2.11. The molecule has 0 spiro atoms. The fourth-order valence-electron chi connectivity index (χ4n) is 1.54. The quantitative estimate of drug-likeness (QED) is 0.345. The third-order valence-corrected chi connectivity index (χ3v) is 2.11. The summed E-state index contributed by atoms with van der Waals surface area (Å²) in [5, 5.41) is 8.59. The number of hydrogen-bond donors (Lipinski definition) is 1. The maximum Gasteiger partial charge on any atom is 1.00 e. The summed E-state index contributed by atoms with van der Waals surface area (Å²) in [5.74, 6) is -1.07. The predicted octanol–water partition coefficient (Wildman–Crippen LogP) is -2.92. The van der Waals surface area contributed by atoms with Crippen LogP contribution in [0, 0.1) is 0 Å². The fourth-order valence-corrected chi connectivity index (χ4v) is 1.54. The summed E-state index contributed by atoms with van der Waals surface area (Å²) >= 11 is 0. The van der Waals surface area contributed by atoms with Gasteiger partial charge in [-0.2, -0.15) is 0 Å². The van der Waals surface area contributed by atoms with Gasteiger partial charge in [0.15, 0.2) is 0 Å². The van der Waals surface area contributed by atoms with Gasteiger partial charge in [0.25, 0.3) is 0 Å². The zero-order valence-corrected chi connectivity index (χ0v) is 8.78. The number of rotatable bonds is 1. The first-order valence-corrected chi connectivity index (χ1v) is 3.45. The van der Waals surface area contributed by atoms with E-state index in [2.05, 4.69) is 0 Å². The predicted molar refractivity (Wildman–Crippen MR) is 36.7 cm³/mol. The number of β-lactam (4-membered cyclic amide) rings is 1. The van der Waals surface area contributed by atoms with E-state index < -0.39 is 5.97 Å². The summed E-state index contributed by atoms with van der Waals surface area (Å²) in [6.45, 7) is 0. The summed E-state index contributed by atoms with van der Waals surface area (Å²) in [6.07, 6.45) is 2.82. The van der Waals surface area contributed by atoms with Gasteiger partial charge in [-0.05, 0) is 6.42 Å². The number of carbonyl (C=O) groups excluding carboxylic acids is 1. The second-order valence-corrected chi connectivity index (χ2v) is 2.75. The molecular formula is C7H8NNaO3. The Morgan fingerprint density at radius 3 is 2.83 bits per heavy atom. The number of fused-ring (bicyclic) bond motifs is 1. The van der Waals surface area contributed by atoms with Crippen molar-refractivity contribution in [2.24, 2.45) is 0 Å². The first kappa shape index (κ1) is 9.77. The van der Waals surface area contributed by atoms with Crippen LogP contribution in [0.4, 0.5) is 0 Å². The molecule has 1 fully saturated rings. The summed E-state index contributed by atoms with van der Waals surface area (Å²) in [4.78, 5) is 22.7. The van der Waals surface area contributed by atoms with Crippen molar-refractivity contribution in [2.75, 3.05) is 0 Å². The molecule has 1 saturated heterocycles. The Bertz CT molecular complexity index is 279. The second-order valence-electron chi connectivity index (χ2n) is 2.75. The van der Waals surface area contributed by atoms with Gasteiger partial charge in [-0.25, -0.2) is 4.79 Å². The molecule has 4 nitrogen and oxygen atoms in total. The summed E-state index contributed by atoms with van der Waals surface area (Å²) in [6, 6.07) is 0.147. The monoisotopic (exact) mass is 177 g/mol. The maximum absolute atomic E-state index is 10.8. The molecule has 0 aliphatic carbocycles. The summed E-state index contributed by atoms with van der Waals surface area (Å²) in [7, 11) is 0. The van der Waals surface area contributed by atoms with E-state index >= 15 is 0 Å². The third kappa shape index (κ3) is 1.20. The van der Waals surface area contributed by atoms with E-state index in [0.717, 1.165) is 0 Å². The molecule has 5 heteroatoms. The molecule has 60 valence electrons. The van der Waals surface area contributed by atoms with Gasteiger partial charge >= 0.3 is 35.5 Å². The second kappa shape index (κ2) is 3.20. The number of carboxylic acid groups (broad SMARTS) is 1. The first-order valence-electron chi connectivity index (χ1n) is 3.45. The topological polar surface area (TPSA) is 57.6 Å². The SMILES string of the molecule is O=C(O)C1=CCC2CC(=O)N12.[H-].[Na+]. The minimum absolute atomic E-state index is 0. The Balaban J connectivity index is 0.000000720. The Kier molecular flexibility index (Phi) is 2.61. The van der Waals surface area contributed by atoms with E-state index in [0.29, 0.717) is 12.8 Å². The van der Waals surface area contributed by atoms with Gasteiger partial charge in [0.1, 0.15) is 5.70 Å². The molecular weight excluding hydrogens is 169 g/mol. The van der Waals surface area contributed by atoms with E-state index in [1.54, 1.807) is 6.08 Å². The Labute approximate surface area is 93.0 Å². The Morgan fingerprint density at radius 1 is 1.75 bits per heavy atom. The summed E-state index contributed by atoms with van der Waals surface area (Å²) in [5.41, 5.74) is 0.159. The average Bonchev–Trinajstić information content (AvgIpc) is 2.25. The van der Waals surface area contributed by atoms with Crippen LogP contribution in [0.5, 0.6) is 0 Å². The van der Waals surface area contributed by atoms with Crippen molar-refractivity contribution in [3.63, 3.8) is 0 Å². The molecule has 2 aliphatic heterocycles. The normalized spacial score (nSPS) is 25.3. The van der Waals surface area contributed by atoms with Gasteiger partial charge in [0.2, 0.25) is 5.91 Å². The minimum atomic E-state index is -0.999. The number of carbonyl (C=O) groups is 2. The van der Waals surface area contributed by atoms with Crippen LogP contribution in [-0.2, 0) is 9.59 Å². The zero-order valence-electron chi connectivity index (χ0n) is 7.78. The van der Waals surface area contributed by atoms with Crippen LogP contribution in [0.3, 0.4) is 0 Å². The van der Waals surface area contributed by atoms with E-state index in [9.17, 15) is 9.59 Å². The fraction of sp³-hybridized carbons (Fsp3) is 0.429. The van der Waals surface area contributed by atoms with Crippen LogP contribution < -0.4 is 29.6 Å². The molecule has 1 unspecified atom stereocenters. The maximum atomic E-state index is 10.8. The molecule has 0 bridgehead atoms. The van der Waals surface area contributed by atoms with E-state index in [1.165, 1.54) is 4.90 Å². The molecule has 1 amide bonds. The smallest absolute Gasteiger partial charge is 1.00 e. The van der Waals surface area contributed by atoms with Gasteiger partial charge in [0.05, 0.1) is 0 Å². The standard InChI is InChI=1S/C7H7NO3.Na.H/c9-6-3-4-1-2-5(7(10)11)8(4)6;;/h2,4H,1,3H2,(H,10,11);;/q;+1;-1. The number of amides is 1. The molecule has 0 saturated carbocycles. The molecule has 0 aromatic rings. The Morgan fingerprint density at radius 2 is 2.42 bits per heavy atom. The number of aliphatic carboxylic acids is 1. The van der Waals surface area contributed by atoms with Crippen LogP contribution >= 0.6 is 0 Å².